The molecule has 0 unspecified atom stereocenters. The first kappa shape index (κ1) is 19.3. The standard InChI is InChI=1S/C22H27N5O2/c1-16(2)24-19-4-3-8-23-21(19)25-10-12-26(13-11-25)22(29)27-9-7-18-6-5-17(15-28)14-20(18)27/h3-9,14,16,24,28H,10-13,15H2,1-2H3. The van der Waals surface area contributed by atoms with Crippen LogP contribution >= 0.6 is 0 Å². The molecule has 3 heterocycles. The number of nitrogens with one attached hydrogen (secondary N) is 1. The van der Waals surface area contributed by atoms with Gasteiger partial charge in [-0.2, -0.15) is 0 Å². The first-order valence-corrected chi connectivity index (χ1v) is 10.0. The van der Waals surface area contributed by atoms with E-state index in [4.69, 9.17) is 0 Å². The second-order valence-electron chi connectivity index (χ2n) is 7.67. The van der Waals surface area contributed by atoms with Gasteiger partial charge in [-0.15, -0.1) is 0 Å². The molecule has 0 atom stereocenters. The molecule has 7 heteroatoms. The third-order valence-electron chi connectivity index (χ3n) is 5.23. The van der Waals surface area contributed by atoms with Gasteiger partial charge >= 0.3 is 6.03 Å². The lowest BCUT2D eigenvalue weighted by Crippen LogP contribution is -2.50. The van der Waals surface area contributed by atoms with E-state index in [1.165, 1.54) is 0 Å². The van der Waals surface area contributed by atoms with E-state index in [2.05, 4.69) is 29.0 Å². The first-order valence-electron chi connectivity index (χ1n) is 10.0. The van der Waals surface area contributed by atoms with Crippen LogP contribution in [0, 0.1) is 0 Å². The van der Waals surface area contributed by atoms with E-state index in [1.54, 1.807) is 4.57 Å². The highest BCUT2D eigenvalue weighted by atomic mass is 16.3. The maximum atomic E-state index is 13.1. The Morgan fingerprint density at radius 3 is 2.69 bits per heavy atom. The van der Waals surface area contributed by atoms with E-state index >= 15 is 0 Å². The van der Waals surface area contributed by atoms with Gasteiger partial charge in [0.15, 0.2) is 5.82 Å². The lowest BCUT2D eigenvalue weighted by molar-refractivity contribution is 0.197. The number of nitrogens with zero attached hydrogens (tertiary/aromatic N) is 4. The number of aliphatic hydroxyl groups is 1. The van der Waals surface area contributed by atoms with E-state index in [-0.39, 0.29) is 12.6 Å². The summed E-state index contributed by atoms with van der Waals surface area (Å²) in [7, 11) is 0. The molecule has 29 heavy (non-hydrogen) atoms. The predicted octanol–water partition coefficient (Wildman–Crippen LogP) is 3.14. The zero-order valence-corrected chi connectivity index (χ0v) is 16.9. The summed E-state index contributed by atoms with van der Waals surface area (Å²) in [5.74, 6) is 0.937. The maximum Gasteiger partial charge on any atom is 0.328 e. The van der Waals surface area contributed by atoms with Crippen molar-refractivity contribution in [2.24, 2.45) is 0 Å². The number of pyridine rings is 1. The molecule has 1 fully saturated rings. The minimum Gasteiger partial charge on any atom is -0.392 e. The molecule has 152 valence electrons. The molecule has 4 rings (SSSR count). The molecule has 0 bridgehead atoms. The minimum atomic E-state index is -0.0369. The molecule has 1 saturated heterocycles. The average molecular weight is 393 g/mol. The molecular formula is C22H27N5O2. The zero-order valence-electron chi connectivity index (χ0n) is 16.9. The van der Waals surface area contributed by atoms with E-state index < -0.39 is 0 Å². The van der Waals surface area contributed by atoms with Crippen molar-refractivity contribution >= 4 is 28.4 Å². The highest BCUT2D eigenvalue weighted by Crippen LogP contribution is 2.25. The van der Waals surface area contributed by atoms with Crippen molar-refractivity contribution in [1.82, 2.24) is 14.5 Å². The van der Waals surface area contributed by atoms with E-state index in [9.17, 15) is 9.90 Å². The summed E-state index contributed by atoms with van der Waals surface area (Å²) in [5, 5.41) is 13.8. The SMILES string of the molecule is CC(C)Nc1cccnc1N1CCN(C(=O)n2ccc3ccc(CO)cc32)CC1. The van der Waals surface area contributed by atoms with Gasteiger partial charge < -0.3 is 20.2 Å². The van der Waals surface area contributed by atoms with Crippen molar-refractivity contribution in [3.05, 3.63) is 54.4 Å². The Balaban J connectivity index is 1.49. The molecule has 0 spiro atoms. The minimum absolute atomic E-state index is 0.0312. The highest BCUT2D eigenvalue weighted by molar-refractivity contribution is 5.92. The number of amides is 1. The molecule has 1 aliphatic rings. The number of fused-ring (bicyclic) bond motifs is 1. The molecule has 7 nitrogen and oxygen atoms in total. The van der Waals surface area contributed by atoms with Crippen molar-refractivity contribution in [3.63, 3.8) is 0 Å². The van der Waals surface area contributed by atoms with Gasteiger partial charge in [-0.05, 0) is 43.7 Å². The Hall–Kier alpha value is -3.06. The highest BCUT2D eigenvalue weighted by Gasteiger charge is 2.25. The normalized spacial score (nSPS) is 14.6. The van der Waals surface area contributed by atoms with E-state index in [0.717, 1.165) is 41.1 Å². The third-order valence-corrected chi connectivity index (χ3v) is 5.23. The number of aliphatic hydroxyl groups excluding tert-OH is 1. The summed E-state index contributed by atoms with van der Waals surface area (Å²) in [6, 6.07) is 11.9. The number of aromatic nitrogens is 2. The van der Waals surface area contributed by atoms with Crippen molar-refractivity contribution in [2.75, 3.05) is 36.4 Å². The van der Waals surface area contributed by atoms with Gasteiger partial charge in [0.25, 0.3) is 0 Å². The number of benzene rings is 1. The van der Waals surface area contributed by atoms with Gasteiger partial charge in [-0.3, -0.25) is 4.57 Å². The monoisotopic (exact) mass is 393 g/mol. The Kier molecular flexibility index (Phi) is 5.40. The molecule has 0 aliphatic carbocycles. The van der Waals surface area contributed by atoms with Crippen molar-refractivity contribution in [2.45, 2.75) is 26.5 Å². The number of anilines is 2. The summed E-state index contributed by atoms with van der Waals surface area (Å²) in [6.07, 6.45) is 3.62. The largest absolute Gasteiger partial charge is 0.392 e. The molecule has 0 saturated carbocycles. The van der Waals surface area contributed by atoms with Crippen LogP contribution in [0.3, 0.4) is 0 Å². The van der Waals surface area contributed by atoms with Crippen LogP contribution in [0.4, 0.5) is 16.3 Å². The molecular weight excluding hydrogens is 366 g/mol. The van der Waals surface area contributed by atoms with Crippen LogP contribution in [0.2, 0.25) is 0 Å². The molecule has 1 aromatic carbocycles. The summed E-state index contributed by atoms with van der Waals surface area (Å²) in [5.41, 5.74) is 2.66. The van der Waals surface area contributed by atoms with Gasteiger partial charge in [-0.1, -0.05) is 12.1 Å². The summed E-state index contributed by atoms with van der Waals surface area (Å²) >= 11 is 0. The van der Waals surface area contributed by atoms with Crippen molar-refractivity contribution < 1.29 is 9.90 Å². The Morgan fingerprint density at radius 2 is 1.97 bits per heavy atom. The lowest BCUT2D eigenvalue weighted by Gasteiger charge is -2.36. The fraction of sp³-hybridized carbons (Fsp3) is 0.364. The van der Waals surface area contributed by atoms with Crippen molar-refractivity contribution in [3.8, 4) is 0 Å². The van der Waals surface area contributed by atoms with Crippen molar-refractivity contribution in [1.29, 1.82) is 0 Å². The van der Waals surface area contributed by atoms with Gasteiger partial charge in [0, 0.05) is 50.0 Å². The molecule has 2 N–H and O–H groups in total. The summed E-state index contributed by atoms with van der Waals surface area (Å²) < 4.78 is 1.68. The zero-order chi connectivity index (χ0) is 20.4. The second-order valence-corrected chi connectivity index (χ2v) is 7.67. The lowest BCUT2D eigenvalue weighted by atomic mass is 10.2. The fourth-order valence-corrected chi connectivity index (χ4v) is 3.77. The van der Waals surface area contributed by atoms with E-state index in [0.29, 0.717) is 19.1 Å². The predicted molar refractivity (Wildman–Crippen MR) is 115 cm³/mol. The number of carbonyl (C=O) groups is 1. The summed E-state index contributed by atoms with van der Waals surface area (Å²) in [4.78, 5) is 21.8. The second kappa shape index (κ2) is 8.13. The summed E-state index contributed by atoms with van der Waals surface area (Å²) in [6.45, 7) is 6.91. The first-order chi connectivity index (χ1) is 14.1. The van der Waals surface area contributed by atoms with E-state index in [1.807, 2.05) is 53.7 Å². The Labute approximate surface area is 170 Å². The average Bonchev–Trinajstić information content (AvgIpc) is 3.16. The molecule has 2 aromatic heterocycles. The molecule has 1 amide bonds. The number of piperazine rings is 1. The molecule has 3 aromatic rings. The van der Waals surface area contributed by atoms with Crippen LogP contribution in [-0.4, -0.2) is 57.8 Å². The Morgan fingerprint density at radius 1 is 1.17 bits per heavy atom. The van der Waals surface area contributed by atoms with Crippen LogP contribution in [0.25, 0.3) is 10.9 Å². The van der Waals surface area contributed by atoms with Crippen LogP contribution in [0.5, 0.6) is 0 Å². The third kappa shape index (κ3) is 3.91. The topological polar surface area (TPSA) is 73.6 Å². The number of hydrogen-bond donors (Lipinski definition) is 2. The quantitative estimate of drug-likeness (QED) is 0.712. The number of carbonyl (C=O) groups excluding carboxylic acids is 1. The van der Waals surface area contributed by atoms with Crippen LogP contribution in [-0.2, 0) is 6.61 Å². The number of rotatable bonds is 4. The van der Waals surface area contributed by atoms with Gasteiger partial charge in [0.1, 0.15) is 0 Å². The molecule has 0 radical (unpaired) electrons. The maximum absolute atomic E-state index is 13.1. The number of hydrogen-bond acceptors (Lipinski definition) is 5. The smallest absolute Gasteiger partial charge is 0.328 e. The molecule has 1 aliphatic heterocycles. The Bertz CT molecular complexity index is 1010. The fourth-order valence-electron chi connectivity index (χ4n) is 3.77. The van der Waals surface area contributed by atoms with Crippen LogP contribution in [0.15, 0.2) is 48.8 Å². The van der Waals surface area contributed by atoms with Gasteiger partial charge in [0.2, 0.25) is 0 Å². The van der Waals surface area contributed by atoms with Gasteiger partial charge in [-0.25, -0.2) is 9.78 Å². The van der Waals surface area contributed by atoms with Crippen LogP contribution < -0.4 is 10.2 Å². The van der Waals surface area contributed by atoms with Gasteiger partial charge in [0.05, 0.1) is 17.8 Å². The van der Waals surface area contributed by atoms with Crippen LogP contribution in [0.1, 0.15) is 19.4 Å².